The summed E-state index contributed by atoms with van der Waals surface area (Å²) in [4.78, 5) is 0. The molecule has 0 aliphatic carbocycles. The number of hydrogen-bond acceptors (Lipinski definition) is 7. The molecule has 7 heteroatoms. The highest BCUT2D eigenvalue weighted by molar-refractivity contribution is 5.13. The van der Waals surface area contributed by atoms with Crippen molar-refractivity contribution in [2.75, 3.05) is 66.1 Å². The first-order chi connectivity index (χ1) is 13.7. The van der Waals surface area contributed by atoms with Gasteiger partial charge in [0.25, 0.3) is 0 Å². The molecule has 0 saturated carbocycles. The zero-order chi connectivity index (χ0) is 19.9. The summed E-state index contributed by atoms with van der Waals surface area (Å²) in [7, 11) is 0. The minimum atomic E-state index is -0.499. The number of benzene rings is 1. The number of rotatable bonds is 16. The van der Waals surface area contributed by atoms with Crippen LogP contribution in [0.3, 0.4) is 0 Å². The maximum Gasteiger partial charge on any atom is 0.163 e. The van der Waals surface area contributed by atoms with Gasteiger partial charge in [0.15, 0.2) is 5.79 Å². The van der Waals surface area contributed by atoms with E-state index in [-0.39, 0.29) is 6.10 Å². The molecule has 1 saturated heterocycles. The fourth-order valence-electron chi connectivity index (χ4n) is 2.60. The smallest absolute Gasteiger partial charge is 0.163 e. The predicted molar refractivity (Wildman–Crippen MR) is 104 cm³/mol. The van der Waals surface area contributed by atoms with Crippen molar-refractivity contribution in [1.29, 1.82) is 0 Å². The molecule has 0 amide bonds. The van der Waals surface area contributed by atoms with Crippen LogP contribution in [-0.2, 0) is 39.8 Å². The first kappa shape index (κ1) is 23.2. The van der Waals surface area contributed by atoms with Crippen LogP contribution in [0.5, 0.6) is 0 Å². The molecule has 1 heterocycles. The molecule has 2 rings (SSSR count). The molecular formula is C21H34O7. The van der Waals surface area contributed by atoms with Gasteiger partial charge in [0.05, 0.1) is 72.7 Å². The fraction of sp³-hybridized carbons (Fsp3) is 0.714. The normalized spacial score (nSPS) is 18.6. The maximum absolute atomic E-state index is 5.65. The second-order valence-electron chi connectivity index (χ2n) is 6.90. The Morgan fingerprint density at radius 3 is 1.86 bits per heavy atom. The predicted octanol–water partition coefficient (Wildman–Crippen LogP) is 2.42. The van der Waals surface area contributed by atoms with E-state index in [1.807, 2.05) is 44.2 Å². The third-order valence-electron chi connectivity index (χ3n) is 3.97. The van der Waals surface area contributed by atoms with Crippen LogP contribution in [0.25, 0.3) is 0 Å². The quantitative estimate of drug-likeness (QED) is 0.396. The van der Waals surface area contributed by atoms with Crippen molar-refractivity contribution < 1.29 is 33.2 Å². The Hall–Kier alpha value is -1.06. The average Bonchev–Trinajstić information content (AvgIpc) is 3.04. The summed E-state index contributed by atoms with van der Waals surface area (Å²) in [5.41, 5.74) is 1.17. The van der Waals surface area contributed by atoms with Gasteiger partial charge < -0.3 is 33.2 Å². The summed E-state index contributed by atoms with van der Waals surface area (Å²) in [5, 5.41) is 0. The molecule has 7 nitrogen and oxygen atoms in total. The molecule has 0 bridgehead atoms. The molecule has 1 aliphatic rings. The lowest BCUT2D eigenvalue weighted by Gasteiger charge is -2.17. The van der Waals surface area contributed by atoms with Crippen molar-refractivity contribution in [2.45, 2.75) is 32.3 Å². The second kappa shape index (κ2) is 14.0. The molecule has 0 N–H and O–H groups in total. The molecular weight excluding hydrogens is 364 g/mol. The van der Waals surface area contributed by atoms with E-state index in [9.17, 15) is 0 Å². The van der Waals surface area contributed by atoms with E-state index >= 15 is 0 Å². The summed E-state index contributed by atoms with van der Waals surface area (Å²) in [6.45, 7) is 9.92. The standard InChI is InChI=1S/C21H34O7/c1-21(2)27-18-20(28-21)17-26-15-13-24-11-9-22-8-10-23-12-14-25-16-19-6-4-3-5-7-19/h3-7,20H,8-18H2,1-2H3. The van der Waals surface area contributed by atoms with Gasteiger partial charge >= 0.3 is 0 Å². The zero-order valence-corrected chi connectivity index (χ0v) is 17.1. The van der Waals surface area contributed by atoms with E-state index in [2.05, 4.69) is 0 Å². The van der Waals surface area contributed by atoms with Gasteiger partial charge in [0, 0.05) is 0 Å². The maximum atomic E-state index is 5.65. The Morgan fingerprint density at radius 1 is 0.786 bits per heavy atom. The van der Waals surface area contributed by atoms with E-state index in [1.54, 1.807) is 0 Å². The van der Waals surface area contributed by atoms with Gasteiger partial charge in [-0.3, -0.25) is 0 Å². The summed E-state index contributed by atoms with van der Waals surface area (Å²) in [5.74, 6) is -0.499. The number of hydrogen-bond donors (Lipinski definition) is 0. The lowest BCUT2D eigenvalue weighted by Crippen LogP contribution is -2.24. The van der Waals surface area contributed by atoms with Crippen molar-refractivity contribution in [3.63, 3.8) is 0 Å². The molecule has 1 fully saturated rings. The van der Waals surface area contributed by atoms with Crippen molar-refractivity contribution in [3.05, 3.63) is 35.9 Å². The van der Waals surface area contributed by atoms with Crippen LogP contribution in [0.4, 0.5) is 0 Å². The molecule has 1 unspecified atom stereocenters. The lowest BCUT2D eigenvalue weighted by molar-refractivity contribution is -0.145. The van der Waals surface area contributed by atoms with E-state index in [4.69, 9.17) is 33.2 Å². The monoisotopic (exact) mass is 398 g/mol. The van der Waals surface area contributed by atoms with E-state index in [0.717, 1.165) is 0 Å². The number of ether oxygens (including phenoxy) is 7. The van der Waals surface area contributed by atoms with Gasteiger partial charge in [-0.1, -0.05) is 30.3 Å². The minimum Gasteiger partial charge on any atom is -0.377 e. The molecule has 1 aromatic rings. The first-order valence-electron chi connectivity index (χ1n) is 9.90. The largest absolute Gasteiger partial charge is 0.377 e. The molecule has 0 aromatic heterocycles. The highest BCUT2D eigenvalue weighted by Gasteiger charge is 2.32. The zero-order valence-electron chi connectivity index (χ0n) is 17.1. The highest BCUT2D eigenvalue weighted by atomic mass is 16.7. The Labute approximate surface area is 168 Å². The van der Waals surface area contributed by atoms with Gasteiger partial charge in [0.2, 0.25) is 0 Å². The fourth-order valence-corrected chi connectivity index (χ4v) is 2.60. The average molecular weight is 398 g/mol. The van der Waals surface area contributed by atoms with Crippen molar-refractivity contribution >= 4 is 0 Å². The van der Waals surface area contributed by atoms with Crippen LogP contribution < -0.4 is 0 Å². The molecule has 1 aliphatic heterocycles. The van der Waals surface area contributed by atoms with Crippen LogP contribution in [0, 0.1) is 0 Å². The Morgan fingerprint density at radius 2 is 1.32 bits per heavy atom. The van der Waals surface area contributed by atoms with Crippen molar-refractivity contribution in [2.24, 2.45) is 0 Å². The summed E-state index contributed by atoms with van der Waals surface area (Å²) >= 11 is 0. The van der Waals surface area contributed by atoms with Gasteiger partial charge in [-0.15, -0.1) is 0 Å². The SMILES string of the molecule is CC1(C)OCC(COCCOCCOCCOCCOCc2ccccc2)O1. The topological polar surface area (TPSA) is 64.6 Å². The molecule has 28 heavy (non-hydrogen) atoms. The summed E-state index contributed by atoms with van der Waals surface area (Å²) in [6.07, 6.45) is 0.00192. The van der Waals surface area contributed by atoms with Crippen LogP contribution in [0.15, 0.2) is 30.3 Å². The van der Waals surface area contributed by atoms with Gasteiger partial charge in [-0.2, -0.15) is 0 Å². The van der Waals surface area contributed by atoms with Crippen LogP contribution in [0.1, 0.15) is 19.4 Å². The Kier molecular flexibility index (Phi) is 11.6. The molecule has 0 spiro atoms. The lowest BCUT2D eigenvalue weighted by atomic mass is 10.2. The van der Waals surface area contributed by atoms with Gasteiger partial charge in [0.1, 0.15) is 6.10 Å². The third kappa shape index (κ3) is 11.1. The van der Waals surface area contributed by atoms with E-state index < -0.39 is 5.79 Å². The van der Waals surface area contributed by atoms with E-state index in [1.165, 1.54) is 5.56 Å². The van der Waals surface area contributed by atoms with Crippen molar-refractivity contribution in [1.82, 2.24) is 0 Å². The first-order valence-corrected chi connectivity index (χ1v) is 9.90. The molecule has 160 valence electrons. The van der Waals surface area contributed by atoms with Crippen LogP contribution in [-0.4, -0.2) is 78.0 Å². The third-order valence-corrected chi connectivity index (χ3v) is 3.97. The molecule has 0 radical (unpaired) electrons. The molecule has 1 aromatic carbocycles. The van der Waals surface area contributed by atoms with Gasteiger partial charge in [-0.05, 0) is 19.4 Å². The van der Waals surface area contributed by atoms with Crippen molar-refractivity contribution in [3.8, 4) is 0 Å². The van der Waals surface area contributed by atoms with Gasteiger partial charge in [-0.25, -0.2) is 0 Å². The summed E-state index contributed by atoms with van der Waals surface area (Å²) < 4.78 is 38.6. The van der Waals surface area contributed by atoms with Crippen LogP contribution >= 0.6 is 0 Å². The minimum absolute atomic E-state index is 0.00192. The second-order valence-corrected chi connectivity index (χ2v) is 6.90. The van der Waals surface area contributed by atoms with E-state index in [0.29, 0.717) is 72.7 Å². The summed E-state index contributed by atoms with van der Waals surface area (Å²) in [6, 6.07) is 10.1. The Balaban J connectivity index is 1.25. The van der Waals surface area contributed by atoms with Crippen LogP contribution in [0.2, 0.25) is 0 Å². The highest BCUT2D eigenvalue weighted by Crippen LogP contribution is 2.22. The molecule has 1 atom stereocenters. The Bertz CT molecular complexity index is 495.